The molecule has 0 saturated heterocycles. The van der Waals surface area contributed by atoms with Gasteiger partial charge in [0.1, 0.15) is 0 Å². The minimum Gasteiger partial charge on any atom is -0.198 e. The van der Waals surface area contributed by atoms with Crippen LogP contribution >= 0.6 is 0 Å². The molecule has 1 rings (SSSR count). The molecule has 0 heterocycles. The maximum absolute atomic E-state index is 8.47. The molecule has 2 unspecified atom stereocenters. The van der Waals surface area contributed by atoms with Crippen LogP contribution in [0.15, 0.2) is 12.2 Å². The highest BCUT2D eigenvalue weighted by molar-refractivity contribution is 5.10. The number of nitrogens with zero attached hydrogens (tertiary/aromatic N) is 2. The summed E-state index contributed by atoms with van der Waals surface area (Å²) in [6.07, 6.45) is 5.34. The highest BCUT2D eigenvalue weighted by Gasteiger charge is 2.13. The van der Waals surface area contributed by atoms with E-state index < -0.39 is 0 Å². The molecule has 2 heteroatoms. The average Bonchev–Trinajstić information content (AvgIpc) is 2.05. The number of hydrogen-bond acceptors (Lipinski definition) is 2. The van der Waals surface area contributed by atoms with Crippen LogP contribution in [0, 0.1) is 34.5 Å². The minimum atomic E-state index is 0.0459. The molecule has 0 radical (unpaired) electrons. The first-order valence-corrected chi connectivity index (χ1v) is 3.34. The fraction of sp³-hybridized carbons (Fsp3) is 0.500. The fourth-order valence-corrected chi connectivity index (χ4v) is 1.03. The molecule has 0 aromatic heterocycles. The van der Waals surface area contributed by atoms with Gasteiger partial charge in [-0.15, -0.1) is 0 Å². The summed E-state index contributed by atoms with van der Waals surface area (Å²) in [6.45, 7) is 0. The maximum Gasteiger partial charge on any atom is 0.0697 e. The highest BCUT2D eigenvalue weighted by Crippen LogP contribution is 2.20. The molecule has 0 fully saturated rings. The summed E-state index contributed by atoms with van der Waals surface area (Å²) in [4.78, 5) is 0. The third kappa shape index (κ3) is 1.36. The Morgan fingerprint density at radius 1 is 1.00 bits per heavy atom. The molecule has 10 heavy (non-hydrogen) atoms. The van der Waals surface area contributed by atoms with Gasteiger partial charge in [-0.25, -0.2) is 0 Å². The van der Waals surface area contributed by atoms with Crippen LogP contribution in [-0.4, -0.2) is 0 Å². The first-order chi connectivity index (χ1) is 4.86. The van der Waals surface area contributed by atoms with E-state index in [9.17, 15) is 0 Å². The van der Waals surface area contributed by atoms with Crippen LogP contribution in [0.4, 0.5) is 0 Å². The molecule has 0 aromatic rings. The van der Waals surface area contributed by atoms with Crippen molar-refractivity contribution in [2.75, 3.05) is 0 Å². The fourth-order valence-electron chi connectivity index (χ4n) is 1.03. The van der Waals surface area contributed by atoms with E-state index >= 15 is 0 Å². The molecule has 1 aliphatic carbocycles. The van der Waals surface area contributed by atoms with E-state index in [2.05, 4.69) is 12.1 Å². The number of hydrogen-bond donors (Lipinski definition) is 0. The van der Waals surface area contributed by atoms with Crippen molar-refractivity contribution in [3.05, 3.63) is 12.2 Å². The molecular formula is C8H8N2. The SMILES string of the molecule is N#CC1C=CC(C#N)CC1. The Morgan fingerprint density at radius 3 is 1.60 bits per heavy atom. The summed E-state index contributed by atoms with van der Waals surface area (Å²) < 4.78 is 0. The molecule has 50 valence electrons. The Balaban J connectivity index is 2.56. The second kappa shape index (κ2) is 3.03. The number of rotatable bonds is 0. The van der Waals surface area contributed by atoms with Gasteiger partial charge in [0.05, 0.1) is 24.0 Å². The Bertz CT molecular complexity index is 192. The quantitative estimate of drug-likeness (QED) is 0.470. The second-order valence-corrected chi connectivity index (χ2v) is 2.43. The molecule has 2 atom stereocenters. The van der Waals surface area contributed by atoms with E-state index in [4.69, 9.17) is 10.5 Å². The van der Waals surface area contributed by atoms with Gasteiger partial charge in [-0.1, -0.05) is 12.2 Å². The summed E-state index contributed by atoms with van der Waals surface area (Å²) in [6, 6.07) is 4.30. The topological polar surface area (TPSA) is 47.6 Å². The van der Waals surface area contributed by atoms with Crippen molar-refractivity contribution in [2.24, 2.45) is 11.8 Å². The van der Waals surface area contributed by atoms with Crippen LogP contribution in [0.2, 0.25) is 0 Å². The van der Waals surface area contributed by atoms with Crippen LogP contribution < -0.4 is 0 Å². The predicted octanol–water partition coefficient (Wildman–Crippen LogP) is 1.62. The summed E-state index contributed by atoms with van der Waals surface area (Å²) in [5.74, 6) is 0.0919. The van der Waals surface area contributed by atoms with Crippen molar-refractivity contribution in [1.29, 1.82) is 10.5 Å². The third-order valence-electron chi connectivity index (χ3n) is 1.70. The van der Waals surface area contributed by atoms with Gasteiger partial charge in [0.2, 0.25) is 0 Å². The van der Waals surface area contributed by atoms with Crippen molar-refractivity contribution >= 4 is 0 Å². The van der Waals surface area contributed by atoms with E-state index in [1.54, 1.807) is 0 Å². The maximum atomic E-state index is 8.47. The van der Waals surface area contributed by atoms with E-state index in [0.717, 1.165) is 12.8 Å². The van der Waals surface area contributed by atoms with Crippen molar-refractivity contribution in [2.45, 2.75) is 12.8 Å². The second-order valence-electron chi connectivity index (χ2n) is 2.43. The van der Waals surface area contributed by atoms with Crippen molar-refractivity contribution in [1.82, 2.24) is 0 Å². The molecule has 2 nitrogen and oxygen atoms in total. The molecule has 0 N–H and O–H groups in total. The average molecular weight is 132 g/mol. The van der Waals surface area contributed by atoms with Gasteiger partial charge in [-0.05, 0) is 12.8 Å². The summed E-state index contributed by atoms with van der Waals surface area (Å²) >= 11 is 0. The zero-order valence-electron chi connectivity index (χ0n) is 5.62. The van der Waals surface area contributed by atoms with Crippen LogP contribution in [0.3, 0.4) is 0 Å². The molecule has 0 saturated carbocycles. The van der Waals surface area contributed by atoms with E-state index in [-0.39, 0.29) is 11.8 Å². The molecule has 0 bridgehead atoms. The Morgan fingerprint density at radius 2 is 1.40 bits per heavy atom. The Kier molecular flexibility index (Phi) is 2.07. The Labute approximate surface area is 60.4 Å². The number of nitriles is 2. The summed E-state index contributed by atoms with van der Waals surface area (Å²) in [5.41, 5.74) is 0. The molecular weight excluding hydrogens is 124 g/mol. The number of allylic oxidation sites excluding steroid dienone is 2. The molecule has 0 aliphatic heterocycles. The lowest BCUT2D eigenvalue weighted by Gasteiger charge is -2.11. The largest absolute Gasteiger partial charge is 0.198 e. The van der Waals surface area contributed by atoms with Crippen molar-refractivity contribution in [3.63, 3.8) is 0 Å². The zero-order valence-corrected chi connectivity index (χ0v) is 5.62. The third-order valence-corrected chi connectivity index (χ3v) is 1.70. The van der Waals surface area contributed by atoms with Gasteiger partial charge in [0, 0.05) is 0 Å². The van der Waals surface area contributed by atoms with Crippen LogP contribution in [0.5, 0.6) is 0 Å². The lowest BCUT2D eigenvalue weighted by Crippen LogP contribution is -2.04. The Hall–Kier alpha value is -1.28. The molecule has 1 aliphatic rings. The van der Waals surface area contributed by atoms with Gasteiger partial charge < -0.3 is 0 Å². The minimum absolute atomic E-state index is 0.0459. The predicted molar refractivity (Wildman–Crippen MR) is 36.6 cm³/mol. The van der Waals surface area contributed by atoms with Gasteiger partial charge in [0.25, 0.3) is 0 Å². The summed E-state index contributed by atoms with van der Waals surface area (Å²) in [7, 11) is 0. The highest BCUT2D eigenvalue weighted by atomic mass is 14.3. The van der Waals surface area contributed by atoms with Crippen LogP contribution in [-0.2, 0) is 0 Å². The van der Waals surface area contributed by atoms with Crippen molar-refractivity contribution in [3.8, 4) is 12.1 Å². The monoisotopic (exact) mass is 132 g/mol. The van der Waals surface area contributed by atoms with Gasteiger partial charge >= 0.3 is 0 Å². The summed E-state index contributed by atoms with van der Waals surface area (Å²) in [5, 5.41) is 16.9. The van der Waals surface area contributed by atoms with Crippen LogP contribution in [0.1, 0.15) is 12.8 Å². The van der Waals surface area contributed by atoms with E-state index in [0.29, 0.717) is 0 Å². The van der Waals surface area contributed by atoms with E-state index in [1.165, 1.54) is 0 Å². The van der Waals surface area contributed by atoms with Crippen molar-refractivity contribution < 1.29 is 0 Å². The molecule has 0 aromatic carbocycles. The van der Waals surface area contributed by atoms with E-state index in [1.807, 2.05) is 12.2 Å². The van der Waals surface area contributed by atoms with Crippen LogP contribution in [0.25, 0.3) is 0 Å². The normalized spacial score (nSPS) is 30.6. The first kappa shape index (κ1) is 6.83. The smallest absolute Gasteiger partial charge is 0.0697 e. The first-order valence-electron chi connectivity index (χ1n) is 3.34. The van der Waals surface area contributed by atoms with Gasteiger partial charge in [-0.2, -0.15) is 10.5 Å². The lowest BCUT2D eigenvalue weighted by molar-refractivity contribution is 0.577. The standard InChI is InChI=1S/C8H8N2/c9-5-7-1-2-8(6-10)4-3-7/h1-2,7-8H,3-4H2. The molecule has 0 amide bonds. The zero-order chi connectivity index (χ0) is 7.40. The van der Waals surface area contributed by atoms with Gasteiger partial charge in [-0.3, -0.25) is 0 Å². The van der Waals surface area contributed by atoms with Gasteiger partial charge in [0.15, 0.2) is 0 Å². The molecule has 0 spiro atoms. The lowest BCUT2D eigenvalue weighted by atomic mass is 9.90.